The Hall–Kier alpha value is -1.36. The number of thiol groups is 1. The number of aryl methyl sites for hydroxylation is 2. The molecular formula is C16H25NO3S. The van der Waals surface area contributed by atoms with Crippen molar-refractivity contribution >= 4 is 24.4 Å². The van der Waals surface area contributed by atoms with Crippen molar-refractivity contribution in [2.45, 2.75) is 59.0 Å². The van der Waals surface area contributed by atoms with Crippen molar-refractivity contribution in [3.63, 3.8) is 0 Å². The number of ether oxygens (including phenoxy) is 2. The molecule has 0 saturated carbocycles. The van der Waals surface area contributed by atoms with Gasteiger partial charge in [0, 0.05) is 5.69 Å². The van der Waals surface area contributed by atoms with Gasteiger partial charge in [0.15, 0.2) is 0 Å². The van der Waals surface area contributed by atoms with Crippen LogP contribution in [0, 0.1) is 6.92 Å². The van der Waals surface area contributed by atoms with Crippen LogP contribution in [0.25, 0.3) is 0 Å². The van der Waals surface area contributed by atoms with E-state index >= 15 is 0 Å². The molecule has 0 aromatic heterocycles. The molecule has 0 fully saturated rings. The number of nitrogens with one attached hydrogen (secondary N) is 1. The summed E-state index contributed by atoms with van der Waals surface area (Å²) < 4.78 is 10.9. The highest BCUT2D eigenvalue weighted by molar-refractivity contribution is 7.80. The summed E-state index contributed by atoms with van der Waals surface area (Å²) in [7, 11) is 0. The predicted molar refractivity (Wildman–Crippen MR) is 89.5 cm³/mol. The van der Waals surface area contributed by atoms with Gasteiger partial charge in [-0.15, -0.1) is 12.6 Å². The van der Waals surface area contributed by atoms with Crippen LogP contribution in [0.3, 0.4) is 0 Å². The van der Waals surface area contributed by atoms with E-state index in [1.165, 1.54) is 0 Å². The number of benzene rings is 1. The van der Waals surface area contributed by atoms with Gasteiger partial charge in [-0.3, -0.25) is 5.32 Å². The smallest absolute Gasteiger partial charge is 0.411 e. The first-order chi connectivity index (χ1) is 9.83. The number of anilines is 1. The van der Waals surface area contributed by atoms with Crippen LogP contribution >= 0.6 is 12.6 Å². The van der Waals surface area contributed by atoms with Gasteiger partial charge < -0.3 is 9.47 Å². The zero-order chi connectivity index (χ0) is 16.0. The monoisotopic (exact) mass is 311 g/mol. The molecule has 0 bridgehead atoms. The molecule has 0 spiro atoms. The lowest BCUT2D eigenvalue weighted by Gasteiger charge is -2.18. The molecular weight excluding hydrogens is 286 g/mol. The lowest BCUT2D eigenvalue weighted by molar-refractivity contribution is 0.130. The first-order valence-electron chi connectivity index (χ1n) is 7.29. The van der Waals surface area contributed by atoms with Gasteiger partial charge in [0.2, 0.25) is 0 Å². The minimum absolute atomic E-state index is 0.145. The van der Waals surface area contributed by atoms with Crippen LogP contribution in [0.2, 0.25) is 0 Å². The highest BCUT2D eigenvalue weighted by Crippen LogP contribution is 2.30. The van der Waals surface area contributed by atoms with Crippen LogP contribution in [0.5, 0.6) is 5.75 Å². The molecule has 1 atom stereocenters. The molecule has 1 aromatic rings. The summed E-state index contributed by atoms with van der Waals surface area (Å²) >= 11 is 4.28. The predicted octanol–water partition coefficient (Wildman–Crippen LogP) is 4.56. The lowest BCUT2D eigenvalue weighted by Crippen LogP contribution is -2.18. The molecule has 0 saturated heterocycles. The highest BCUT2D eigenvalue weighted by Gasteiger charge is 2.13. The van der Waals surface area contributed by atoms with Gasteiger partial charge >= 0.3 is 6.09 Å². The Morgan fingerprint density at radius 3 is 2.52 bits per heavy atom. The first kappa shape index (κ1) is 17.7. The van der Waals surface area contributed by atoms with Gasteiger partial charge in [0.05, 0.1) is 6.10 Å². The molecule has 1 N–H and O–H groups in total. The highest BCUT2D eigenvalue weighted by atomic mass is 32.1. The molecule has 0 aliphatic rings. The summed E-state index contributed by atoms with van der Waals surface area (Å²) in [5.74, 6) is 0.849. The van der Waals surface area contributed by atoms with E-state index in [2.05, 4.69) is 24.9 Å². The molecule has 0 aliphatic carbocycles. The number of hydrogen-bond acceptors (Lipinski definition) is 4. The molecule has 1 aromatic carbocycles. The van der Waals surface area contributed by atoms with Crippen LogP contribution in [0.4, 0.5) is 10.5 Å². The Balaban J connectivity index is 3.00. The van der Waals surface area contributed by atoms with Crippen molar-refractivity contribution in [3.8, 4) is 5.75 Å². The van der Waals surface area contributed by atoms with E-state index in [-0.39, 0.29) is 11.5 Å². The molecule has 5 heteroatoms. The van der Waals surface area contributed by atoms with Crippen molar-refractivity contribution in [1.29, 1.82) is 0 Å². The van der Waals surface area contributed by atoms with E-state index < -0.39 is 6.09 Å². The van der Waals surface area contributed by atoms with Crippen molar-refractivity contribution < 1.29 is 14.3 Å². The van der Waals surface area contributed by atoms with E-state index in [4.69, 9.17) is 9.47 Å². The SMILES string of the molecule is CCCc1cc(NC(=O)OC(C)C)cc(C)c1OC(C)S. The average Bonchev–Trinajstić information content (AvgIpc) is 2.32. The average molecular weight is 311 g/mol. The zero-order valence-electron chi connectivity index (χ0n) is 13.4. The normalized spacial score (nSPS) is 12.1. The molecule has 4 nitrogen and oxygen atoms in total. The zero-order valence-corrected chi connectivity index (χ0v) is 14.3. The maximum Gasteiger partial charge on any atom is 0.411 e. The van der Waals surface area contributed by atoms with Gasteiger partial charge in [0.25, 0.3) is 0 Å². The molecule has 0 aliphatic heterocycles. The molecule has 0 heterocycles. The van der Waals surface area contributed by atoms with E-state index in [0.29, 0.717) is 0 Å². The van der Waals surface area contributed by atoms with Gasteiger partial charge in [0.1, 0.15) is 11.2 Å². The number of hydrogen-bond donors (Lipinski definition) is 2. The van der Waals surface area contributed by atoms with Gasteiger partial charge in [-0.2, -0.15) is 0 Å². The molecule has 0 radical (unpaired) electrons. The quantitative estimate of drug-likeness (QED) is 0.598. The minimum atomic E-state index is -0.442. The Morgan fingerprint density at radius 1 is 1.33 bits per heavy atom. The second-order valence-corrected chi connectivity index (χ2v) is 6.05. The third-order valence-electron chi connectivity index (χ3n) is 2.75. The van der Waals surface area contributed by atoms with Gasteiger partial charge in [-0.05, 0) is 57.4 Å². The molecule has 1 amide bonds. The van der Waals surface area contributed by atoms with Crippen molar-refractivity contribution in [3.05, 3.63) is 23.3 Å². The third kappa shape index (κ3) is 5.87. The summed E-state index contributed by atoms with van der Waals surface area (Å²) in [4.78, 5) is 11.7. The Labute approximate surface area is 132 Å². The summed E-state index contributed by atoms with van der Waals surface area (Å²) in [6.45, 7) is 9.58. The summed E-state index contributed by atoms with van der Waals surface area (Å²) in [6.07, 6.45) is 1.29. The summed E-state index contributed by atoms with van der Waals surface area (Å²) in [6, 6.07) is 3.82. The fourth-order valence-corrected chi connectivity index (χ4v) is 2.18. The number of amides is 1. The number of carbonyl (C=O) groups is 1. The lowest BCUT2D eigenvalue weighted by atomic mass is 10.0. The van der Waals surface area contributed by atoms with Crippen molar-refractivity contribution in [1.82, 2.24) is 0 Å². The van der Waals surface area contributed by atoms with Gasteiger partial charge in [-0.25, -0.2) is 4.79 Å². The third-order valence-corrected chi connectivity index (χ3v) is 2.85. The maximum atomic E-state index is 11.7. The largest absolute Gasteiger partial charge is 0.480 e. The van der Waals surface area contributed by atoms with E-state index in [0.717, 1.165) is 35.4 Å². The Morgan fingerprint density at radius 2 is 2.00 bits per heavy atom. The fraction of sp³-hybridized carbons (Fsp3) is 0.562. The van der Waals surface area contributed by atoms with E-state index in [9.17, 15) is 4.79 Å². The maximum absolute atomic E-state index is 11.7. The van der Waals surface area contributed by atoms with E-state index in [1.807, 2.05) is 39.8 Å². The summed E-state index contributed by atoms with van der Waals surface area (Å²) in [5, 5.41) is 2.76. The standard InChI is InChI=1S/C16H25NO3S/c1-6-7-13-9-14(17-16(18)19-10(2)3)8-11(4)15(13)20-12(5)21/h8-10,12,21H,6-7H2,1-5H3,(H,17,18). The Bertz CT molecular complexity index is 487. The number of carbonyl (C=O) groups excluding carboxylic acids is 1. The molecule has 21 heavy (non-hydrogen) atoms. The second-order valence-electron chi connectivity index (χ2n) is 5.33. The molecule has 1 rings (SSSR count). The van der Waals surface area contributed by atoms with Gasteiger partial charge in [-0.1, -0.05) is 13.3 Å². The van der Waals surface area contributed by atoms with E-state index in [1.54, 1.807) is 0 Å². The van der Waals surface area contributed by atoms with Crippen LogP contribution in [-0.4, -0.2) is 17.6 Å². The van der Waals surface area contributed by atoms with Crippen LogP contribution in [0.15, 0.2) is 12.1 Å². The van der Waals surface area contributed by atoms with Crippen LogP contribution < -0.4 is 10.1 Å². The first-order valence-corrected chi connectivity index (χ1v) is 7.81. The minimum Gasteiger partial charge on any atom is -0.480 e. The summed E-state index contributed by atoms with van der Waals surface area (Å²) in [5.41, 5.74) is 2.59. The molecule has 1 unspecified atom stereocenters. The Kier molecular flexibility index (Phi) is 6.89. The molecule has 118 valence electrons. The van der Waals surface area contributed by atoms with Crippen molar-refractivity contribution in [2.75, 3.05) is 5.32 Å². The fourth-order valence-electron chi connectivity index (χ4n) is 2.07. The number of rotatable bonds is 6. The second kappa shape index (κ2) is 8.17. The van der Waals surface area contributed by atoms with Crippen LogP contribution in [0.1, 0.15) is 45.2 Å². The van der Waals surface area contributed by atoms with Crippen LogP contribution in [-0.2, 0) is 11.2 Å². The van der Waals surface area contributed by atoms with Crippen molar-refractivity contribution in [2.24, 2.45) is 0 Å². The topological polar surface area (TPSA) is 47.6 Å².